The van der Waals surface area contributed by atoms with Crippen LogP contribution in [0.2, 0.25) is 0 Å². The molecule has 0 radical (unpaired) electrons. The van der Waals surface area contributed by atoms with E-state index in [1.807, 2.05) is 6.07 Å². The van der Waals surface area contributed by atoms with Crippen LogP contribution in [0.3, 0.4) is 0 Å². The minimum absolute atomic E-state index is 0.0315. The number of anilines is 3. The van der Waals surface area contributed by atoms with E-state index < -0.39 is 5.91 Å². The Morgan fingerprint density at radius 3 is 2.87 bits per heavy atom. The highest BCUT2D eigenvalue weighted by atomic mass is 19.1. The zero-order chi connectivity index (χ0) is 20.8. The van der Waals surface area contributed by atoms with Crippen LogP contribution in [0.15, 0.2) is 36.0 Å². The molecule has 1 aliphatic heterocycles. The van der Waals surface area contributed by atoms with E-state index >= 15 is 0 Å². The van der Waals surface area contributed by atoms with Crippen LogP contribution in [-0.4, -0.2) is 32.5 Å². The summed E-state index contributed by atoms with van der Waals surface area (Å²) in [6.07, 6.45) is 5.43. The second kappa shape index (κ2) is 6.94. The molecule has 1 saturated heterocycles. The maximum atomic E-state index is 13.9. The third kappa shape index (κ3) is 3.38. The molecule has 3 aromatic rings. The molecule has 5 rings (SSSR count). The van der Waals surface area contributed by atoms with Crippen LogP contribution in [0.5, 0.6) is 0 Å². The number of rotatable bonds is 5. The largest absolute Gasteiger partial charge is 0.367 e. The topological polar surface area (TPSA) is 100 Å². The van der Waals surface area contributed by atoms with Crippen LogP contribution in [-0.2, 0) is 9.59 Å². The zero-order valence-electron chi connectivity index (χ0n) is 16.2. The van der Waals surface area contributed by atoms with Gasteiger partial charge in [0.2, 0.25) is 5.91 Å². The number of benzene rings is 1. The highest BCUT2D eigenvalue weighted by molar-refractivity contribution is 6.15. The summed E-state index contributed by atoms with van der Waals surface area (Å²) in [7, 11) is 0. The van der Waals surface area contributed by atoms with Crippen molar-refractivity contribution in [1.82, 2.24) is 19.9 Å². The molecule has 2 aliphatic rings. The third-order valence-corrected chi connectivity index (χ3v) is 5.18. The van der Waals surface area contributed by atoms with Gasteiger partial charge in [0, 0.05) is 34.5 Å². The maximum absolute atomic E-state index is 13.9. The molecular formula is C21H19FN6O2. The number of nitrogens with one attached hydrogen (secondary N) is 3. The fourth-order valence-corrected chi connectivity index (χ4v) is 3.37. The van der Waals surface area contributed by atoms with E-state index in [1.54, 1.807) is 35.8 Å². The van der Waals surface area contributed by atoms with Crippen molar-refractivity contribution in [1.29, 1.82) is 0 Å². The maximum Gasteiger partial charge on any atom is 0.254 e. The van der Waals surface area contributed by atoms with Crippen molar-refractivity contribution >= 4 is 40.9 Å². The fourth-order valence-electron chi connectivity index (χ4n) is 3.37. The predicted octanol–water partition coefficient (Wildman–Crippen LogP) is 2.92. The number of hydrogen-bond donors (Lipinski definition) is 3. The van der Waals surface area contributed by atoms with Crippen molar-refractivity contribution in [3.63, 3.8) is 0 Å². The van der Waals surface area contributed by atoms with Gasteiger partial charge in [0.1, 0.15) is 17.5 Å². The first-order chi connectivity index (χ1) is 14.5. The Balaban J connectivity index is 1.59. The molecule has 3 N–H and O–H groups in total. The Morgan fingerprint density at radius 2 is 2.13 bits per heavy atom. The van der Waals surface area contributed by atoms with Gasteiger partial charge in [0.25, 0.3) is 5.91 Å². The van der Waals surface area contributed by atoms with Crippen molar-refractivity contribution in [2.24, 2.45) is 0 Å². The Hall–Kier alpha value is -3.75. The van der Waals surface area contributed by atoms with E-state index in [4.69, 9.17) is 0 Å². The normalized spacial score (nSPS) is 17.6. The molecule has 1 aromatic carbocycles. The van der Waals surface area contributed by atoms with Crippen LogP contribution in [0, 0.1) is 12.7 Å². The van der Waals surface area contributed by atoms with Gasteiger partial charge in [0.05, 0.1) is 12.6 Å². The van der Waals surface area contributed by atoms with E-state index in [2.05, 4.69) is 26.0 Å². The summed E-state index contributed by atoms with van der Waals surface area (Å²) < 4.78 is 15.6. The quantitative estimate of drug-likeness (QED) is 0.445. The minimum Gasteiger partial charge on any atom is -0.367 e. The van der Waals surface area contributed by atoms with Gasteiger partial charge in [-0.15, -0.1) is 0 Å². The standard InChI is InChI=1S/C21H19FN6O2/c1-11-15(22)3-2-4-16(11)25-17-9-18(24-14-5-6-14)28-20(26-17)13(10-23-28)7-12-8-19(29)27-21(12)30/h2-4,7,9-10,14,24H,5-6,8H2,1H3,(H,25,26)(H,27,29,30)/b12-7+. The van der Waals surface area contributed by atoms with Gasteiger partial charge in [-0.3, -0.25) is 14.9 Å². The van der Waals surface area contributed by atoms with Crippen LogP contribution in [0.1, 0.15) is 30.4 Å². The molecule has 2 amide bonds. The van der Waals surface area contributed by atoms with Crippen LogP contribution >= 0.6 is 0 Å². The monoisotopic (exact) mass is 406 g/mol. The summed E-state index contributed by atoms with van der Waals surface area (Å²) in [4.78, 5) is 28.1. The lowest BCUT2D eigenvalue weighted by atomic mass is 10.1. The van der Waals surface area contributed by atoms with Gasteiger partial charge in [0.15, 0.2) is 5.65 Å². The Kier molecular flexibility index (Phi) is 4.23. The number of halogens is 1. The molecule has 0 unspecified atom stereocenters. The highest BCUT2D eigenvalue weighted by Gasteiger charge is 2.25. The first-order valence-electron chi connectivity index (χ1n) is 9.70. The number of imide groups is 1. The number of nitrogens with zero attached hydrogens (tertiary/aromatic N) is 3. The zero-order valence-corrected chi connectivity index (χ0v) is 16.2. The molecule has 0 atom stereocenters. The average Bonchev–Trinajstić information content (AvgIpc) is 3.34. The van der Waals surface area contributed by atoms with Crippen LogP contribution < -0.4 is 16.0 Å². The molecular weight excluding hydrogens is 387 g/mol. The molecule has 1 aliphatic carbocycles. The van der Waals surface area contributed by atoms with E-state index in [9.17, 15) is 14.0 Å². The number of aromatic nitrogens is 3. The van der Waals surface area contributed by atoms with Crippen molar-refractivity contribution in [2.75, 3.05) is 10.6 Å². The second-order valence-corrected chi connectivity index (χ2v) is 7.54. The van der Waals surface area contributed by atoms with E-state index in [1.165, 1.54) is 6.07 Å². The summed E-state index contributed by atoms with van der Waals surface area (Å²) in [5, 5.41) is 13.3. The lowest BCUT2D eigenvalue weighted by Gasteiger charge is -2.13. The molecule has 2 aromatic heterocycles. The van der Waals surface area contributed by atoms with E-state index in [0.29, 0.717) is 39.9 Å². The summed E-state index contributed by atoms with van der Waals surface area (Å²) in [5.41, 5.74) is 2.62. The molecule has 8 nitrogen and oxygen atoms in total. The highest BCUT2D eigenvalue weighted by Crippen LogP contribution is 2.29. The number of fused-ring (bicyclic) bond motifs is 1. The first-order valence-corrected chi connectivity index (χ1v) is 9.70. The van der Waals surface area contributed by atoms with Crippen molar-refractivity contribution in [3.05, 3.63) is 53.0 Å². The second-order valence-electron chi connectivity index (χ2n) is 7.54. The van der Waals surface area contributed by atoms with Crippen molar-refractivity contribution < 1.29 is 14.0 Å². The molecule has 1 saturated carbocycles. The lowest BCUT2D eigenvalue weighted by Crippen LogP contribution is -2.19. The van der Waals surface area contributed by atoms with Gasteiger partial charge in [-0.1, -0.05) is 6.07 Å². The predicted molar refractivity (Wildman–Crippen MR) is 110 cm³/mol. The Morgan fingerprint density at radius 1 is 1.30 bits per heavy atom. The van der Waals surface area contributed by atoms with E-state index in [-0.39, 0.29) is 18.1 Å². The van der Waals surface area contributed by atoms with Crippen LogP contribution in [0.25, 0.3) is 11.7 Å². The van der Waals surface area contributed by atoms with Crippen molar-refractivity contribution in [3.8, 4) is 0 Å². The van der Waals surface area contributed by atoms with Crippen molar-refractivity contribution in [2.45, 2.75) is 32.2 Å². The summed E-state index contributed by atoms with van der Waals surface area (Å²) in [5.74, 6) is 0.238. The lowest BCUT2D eigenvalue weighted by molar-refractivity contribution is -0.124. The molecule has 2 fully saturated rings. The molecule has 30 heavy (non-hydrogen) atoms. The Bertz CT molecular complexity index is 1230. The number of hydrogen-bond acceptors (Lipinski definition) is 6. The average molecular weight is 406 g/mol. The Labute approximate surface area is 171 Å². The van der Waals surface area contributed by atoms with E-state index in [0.717, 1.165) is 18.7 Å². The molecule has 0 spiro atoms. The molecule has 9 heteroatoms. The number of amides is 2. The SMILES string of the molecule is Cc1c(F)cccc1Nc1cc(NC2CC2)n2ncc(/C=C3\CC(=O)NC3=O)c2n1. The first kappa shape index (κ1) is 18.3. The summed E-state index contributed by atoms with van der Waals surface area (Å²) in [6, 6.07) is 7.03. The molecule has 3 heterocycles. The fraction of sp³-hybridized carbons (Fsp3) is 0.238. The number of carbonyl (C=O) groups is 2. The van der Waals surface area contributed by atoms with Crippen LogP contribution in [0.4, 0.5) is 21.7 Å². The van der Waals surface area contributed by atoms with Gasteiger partial charge >= 0.3 is 0 Å². The summed E-state index contributed by atoms with van der Waals surface area (Å²) >= 11 is 0. The minimum atomic E-state index is -0.402. The third-order valence-electron chi connectivity index (χ3n) is 5.18. The number of carbonyl (C=O) groups excluding carboxylic acids is 2. The van der Waals surface area contributed by atoms with Gasteiger partial charge in [-0.25, -0.2) is 9.37 Å². The smallest absolute Gasteiger partial charge is 0.254 e. The van der Waals surface area contributed by atoms with Gasteiger partial charge in [-0.2, -0.15) is 9.61 Å². The van der Waals surface area contributed by atoms with Gasteiger partial charge in [-0.05, 0) is 38.0 Å². The molecule has 152 valence electrons. The van der Waals surface area contributed by atoms with Gasteiger partial charge < -0.3 is 10.6 Å². The summed E-state index contributed by atoms with van der Waals surface area (Å²) in [6.45, 7) is 1.70. The molecule has 0 bridgehead atoms.